The van der Waals surface area contributed by atoms with Crippen LogP contribution in [0.4, 0.5) is 0 Å². The van der Waals surface area contributed by atoms with E-state index in [2.05, 4.69) is 32.7 Å². The smallest absolute Gasteiger partial charge is 0.167 e. The highest BCUT2D eigenvalue weighted by Gasteiger charge is 2.68. The molecule has 0 amide bonds. The Bertz CT molecular complexity index is 542. The first-order valence-corrected chi connectivity index (χ1v) is 10.4. The first-order chi connectivity index (χ1) is 11.8. The standard InChI is InChI=1S/C22H37NO2/c1-6-7-9-21(13-23-5)17(14(2)3)12-19(24)22-10-8-16(11-18(21)22)15(4)20(22)25/h14,16-19,23-24H,4,6-13H2,1-3,5H3/t16-,17?,18?,19+,21-,22+/m0/s1. The molecule has 2 bridgehead atoms. The third-order valence-electron chi connectivity index (χ3n) is 8.07. The molecule has 4 saturated carbocycles. The Hall–Kier alpha value is -0.670. The van der Waals surface area contributed by atoms with E-state index in [1.54, 1.807) is 0 Å². The van der Waals surface area contributed by atoms with Crippen LogP contribution in [0.2, 0.25) is 0 Å². The van der Waals surface area contributed by atoms with Crippen LogP contribution in [0.1, 0.15) is 65.7 Å². The van der Waals surface area contributed by atoms with Crippen molar-refractivity contribution in [1.82, 2.24) is 5.32 Å². The van der Waals surface area contributed by atoms with Gasteiger partial charge in [-0.3, -0.25) is 4.79 Å². The van der Waals surface area contributed by atoms with Gasteiger partial charge in [0.05, 0.1) is 11.5 Å². The summed E-state index contributed by atoms with van der Waals surface area (Å²) < 4.78 is 0. The zero-order valence-electron chi connectivity index (χ0n) is 16.6. The molecular formula is C22H37NO2. The van der Waals surface area contributed by atoms with Crippen molar-refractivity contribution in [1.29, 1.82) is 0 Å². The second-order valence-electron chi connectivity index (χ2n) is 9.39. The lowest BCUT2D eigenvalue weighted by Gasteiger charge is -2.66. The lowest BCUT2D eigenvalue weighted by Crippen LogP contribution is -2.68. The quantitative estimate of drug-likeness (QED) is 0.715. The highest BCUT2D eigenvalue weighted by Crippen LogP contribution is 2.67. The molecule has 6 atom stereocenters. The Morgan fingerprint density at radius 2 is 2.08 bits per heavy atom. The summed E-state index contributed by atoms with van der Waals surface area (Å²) in [6, 6.07) is 0. The molecule has 25 heavy (non-hydrogen) atoms. The first kappa shape index (κ1) is 19.1. The number of nitrogens with one attached hydrogen (secondary N) is 1. The predicted molar refractivity (Wildman–Crippen MR) is 102 cm³/mol. The number of allylic oxidation sites excluding steroid dienone is 1. The molecule has 4 fully saturated rings. The fraction of sp³-hybridized carbons (Fsp3) is 0.864. The van der Waals surface area contributed by atoms with Crippen molar-refractivity contribution in [3.63, 3.8) is 0 Å². The molecule has 0 aliphatic heterocycles. The van der Waals surface area contributed by atoms with Gasteiger partial charge in [0.25, 0.3) is 0 Å². The summed E-state index contributed by atoms with van der Waals surface area (Å²) >= 11 is 0. The van der Waals surface area contributed by atoms with Gasteiger partial charge in [-0.1, -0.05) is 40.2 Å². The van der Waals surface area contributed by atoms with Crippen molar-refractivity contribution in [2.75, 3.05) is 13.6 Å². The van der Waals surface area contributed by atoms with Gasteiger partial charge in [0, 0.05) is 6.54 Å². The van der Waals surface area contributed by atoms with E-state index in [9.17, 15) is 9.90 Å². The topological polar surface area (TPSA) is 49.3 Å². The van der Waals surface area contributed by atoms with E-state index in [1.165, 1.54) is 19.3 Å². The number of unbranched alkanes of at least 4 members (excludes halogenated alkanes) is 1. The van der Waals surface area contributed by atoms with Gasteiger partial charge in [0.15, 0.2) is 5.78 Å². The van der Waals surface area contributed by atoms with Crippen molar-refractivity contribution < 1.29 is 9.90 Å². The number of hydrogen-bond donors (Lipinski definition) is 2. The number of aliphatic hydroxyl groups excluding tert-OH is 1. The molecule has 0 aromatic rings. The molecule has 2 N–H and O–H groups in total. The summed E-state index contributed by atoms with van der Waals surface area (Å²) in [7, 11) is 2.05. The molecule has 3 nitrogen and oxygen atoms in total. The van der Waals surface area contributed by atoms with Crippen LogP contribution < -0.4 is 5.32 Å². The zero-order valence-corrected chi connectivity index (χ0v) is 16.6. The summed E-state index contributed by atoms with van der Waals surface area (Å²) in [4.78, 5) is 13.3. The molecule has 0 radical (unpaired) electrons. The number of aliphatic hydroxyl groups is 1. The first-order valence-electron chi connectivity index (χ1n) is 10.4. The molecule has 0 heterocycles. The minimum atomic E-state index is -0.554. The Labute approximate surface area is 153 Å². The van der Waals surface area contributed by atoms with Crippen molar-refractivity contribution in [2.45, 2.75) is 71.8 Å². The van der Waals surface area contributed by atoms with E-state index in [0.29, 0.717) is 23.7 Å². The minimum Gasteiger partial charge on any atom is -0.392 e. The maximum atomic E-state index is 13.3. The Morgan fingerprint density at radius 1 is 1.36 bits per heavy atom. The van der Waals surface area contributed by atoms with Gasteiger partial charge in [-0.2, -0.15) is 0 Å². The Balaban J connectivity index is 2.12. The second kappa shape index (κ2) is 6.81. The molecule has 4 rings (SSSR count). The lowest BCUT2D eigenvalue weighted by molar-refractivity contribution is -0.199. The van der Waals surface area contributed by atoms with Gasteiger partial charge in [-0.05, 0) is 73.8 Å². The van der Waals surface area contributed by atoms with Crippen molar-refractivity contribution >= 4 is 5.78 Å². The van der Waals surface area contributed by atoms with Gasteiger partial charge >= 0.3 is 0 Å². The fourth-order valence-corrected chi connectivity index (χ4v) is 6.99. The normalized spacial score (nSPS) is 43.6. The summed E-state index contributed by atoms with van der Waals surface area (Å²) in [5, 5.41) is 14.7. The number of carbonyl (C=O) groups excluding carboxylic acids is 1. The minimum absolute atomic E-state index is 0.118. The molecule has 0 aromatic heterocycles. The molecule has 0 saturated heterocycles. The van der Waals surface area contributed by atoms with Crippen LogP contribution in [0.5, 0.6) is 0 Å². The summed E-state index contributed by atoms with van der Waals surface area (Å²) in [6.07, 6.45) is 6.77. The Morgan fingerprint density at radius 3 is 2.68 bits per heavy atom. The molecular weight excluding hydrogens is 310 g/mol. The van der Waals surface area contributed by atoms with Gasteiger partial charge in [-0.25, -0.2) is 0 Å². The van der Waals surface area contributed by atoms with Gasteiger partial charge in [0.2, 0.25) is 0 Å². The van der Waals surface area contributed by atoms with Crippen molar-refractivity contribution in [3.8, 4) is 0 Å². The van der Waals surface area contributed by atoms with E-state index in [4.69, 9.17) is 0 Å². The zero-order chi connectivity index (χ0) is 18.4. The molecule has 2 unspecified atom stereocenters. The number of ketones is 1. The van der Waals surface area contributed by atoms with Crippen LogP contribution in [0.15, 0.2) is 12.2 Å². The number of carbonyl (C=O) groups is 1. The van der Waals surface area contributed by atoms with E-state index >= 15 is 0 Å². The van der Waals surface area contributed by atoms with Crippen LogP contribution in [-0.4, -0.2) is 30.6 Å². The predicted octanol–water partition coefficient (Wildman–Crippen LogP) is 3.96. The van der Waals surface area contributed by atoms with Crippen LogP contribution in [0.25, 0.3) is 0 Å². The number of rotatable bonds is 6. The summed E-state index contributed by atoms with van der Waals surface area (Å²) in [6.45, 7) is 11.9. The van der Waals surface area contributed by atoms with E-state index < -0.39 is 11.5 Å². The van der Waals surface area contributed by atoms with E-state index in [1.807, 2.05) is 7.05 Å². The molecule has 4 aliphatic rings. The number of hydrogen-bond acceptors (Lipinski definition) is 3. The van der Waals surface area contributed by atoms with Crippen LogP contribution >= 0.6 is 0 Å². The number of Topliss-reactive ketones (excluding diaryl/α,β-unsaturated/α-hetero) is 1. The maximum absolute atomic E-state index is 13.3. The van der Waals surface area contributed by atoms with Crippen molar-refractivity contribution in [2.24, 2.45) is 34.5 Å². The van der Waals surface area contributed by atoms with Crippen LogP contribution in [0.3, 0.4) is 0 Å². The van der Waals surface area contributed by atoms with Gasteiger partial charge in [0.1, 0.15) is 0 Å². The Kier molecular flexibility index (Phi) is 5.20. The summed E-state index contributed by atoms with van der Waals surface area (Å²) in [5.41, 5.74) is 0.369. The molecule has 3 heteroatoms. The highest BCUT2D eigenvalue weighted by atomic mass is 16.3. The fourth-order valence-electron chi connectivity index (χ4n) is 6.99. The third kappa shape index (κ3) is 2.56. The van der Waals surface area contributed by atoms with E-state index in [0.717, 1.165) is 37.8 Å². The molecule has 142 valence electrons. The molecule has 1 spiro atoms. The van der Waals surface area contributed by atoms with Crippen molar-refractivity contribution in [3.05, 3.63) is 12.2 Å². The number of fused-ring (bicyclic) bond motifs is 2. The average molecular weight is 348 g/mol. The monoisotopic (exact) mass is 347 g/mol. The molecule has 4 aliphatic carbocycles. The largest absolute Gasteiger partial charge is 0.392 e. The maximum Gasteiger partial charge on any atom is 0.167 e. The SMILES string of the molecule is C=C1C(=O)[C@]23CC[C@H]1CC2[C@@](CCCC)(CNC)C(C(C)C)C[C@H]3O. The summed E-state index contributed by atoms with van der Waals surface area (Å²) in [5.74, 6) is 1.84. The highest BCUT2D eigenvalue weighted by molar-refractivity contribution is 6.02. The van der Waals surface area contributed by atoms with Crippen LogP contribution in [0, 0.1) is 34.5 Å². The average Bonchev–Trinajstić information content (AvgIpc) is 2.59. The van der Waals surface area contributed by atoms with E-state index in [-0.39, 0.29) is 11.2 Å². The van der Waals surface area contributed by atoms with Crippen LogP contribution in [-0.2, 0) is 4.79 Å². The third-order valence-corrected chi connectivity index (χ3v) is 8.07. The van der Waals surface area contributed by atoms with Gasteiger partial charge in [-0.15, -0.1) is 0 Å². The molecule has 0 aromatic carbocycles. The lowest BCUT2D eigenvalue weighted by atomic mass is 9.38. The second-order valence-corrected chi connectivity index (χ2v) is 9.39. The van der Waals surface area contributed by atoms with Gasteiger partial charge < -0.3 is 10.4 Å².